The predicted octanol–water partition coefficient (Wildman–Crippen LogP) is 2.16. The fourth-order valence-corrected chi connectivity index (χ4v) is 3.53. The van der Waals surface area contributed by atoms with Gasteiger partial charge in [-0.3, -0.25) is 4.79 Å². The van der Waals surface area contributed by atoms with Crippen molar-refractivity contribution >= 4 is 5.97 Å². The molecule has 2 aliphatic rings. The van der Waals surface area contributed by atoms with Gasteiger partial charge in [0.05, 0.1) is 11.5 Å². The summed E-state index contributed by atoms with van der Waals surface area (Å²) in [5.41, 5.74) is -0.688. The van der Waals surface area contributed by atoms with E-state index >= 15 is 0 Å². The highest BCUT2D eigenvalue weighted by atomic mass is 16.4. The van der Waals surface area contributed by atoms with Crippen LogP contribution in [0.5, 0.6) is 0 Å². The Labute approximate surface area is 115 Å². The molecule has 0 aromatic heterocycles. The van der Waals surface area contributed by atoms with Gasteiger partial charge in [-0.15, -0.1) is 0 Å². The van der Waals surface area contributed by atoms with E-state index in [1.54, 1.807) is 0 Å². The van der Waals surface area contributed by atoms with Gasteiger partial charge < -0.3 is 15.5 Å². The molecule has 2 unspecified atom stereocenters. The molecule has 2 aliphatic carbocycles. The van der Waals surface area contributed by atoms with Gasteiger partial charge in [-0.1, -0.05) is 19.8 Å². The SMILES string of the molecule is CC1CCCC(NCC2(O)CCC(C(=O)O)CC2)C1. The van der Waals surface area contributed by atoms with E-state index in [-0.39, 0.29) is 5.92 Å². The summed E-state index contributed by atoms with van der Waals surface area (Å²) in [6.07, 6.45) is 7.44. The van der Waals surface area contributed by atoms with Gasteiger partial charge in [0.25, 0.3) is 0 Å². The van der Waals surface area contributed by atoms with Crippen LogP contribution in [-0.4, -0.2) is 34.4 Å². The highest BCUT2D eigenvalue weighted by Crippen LogP contribution is 2.32. The molecular formula is C15H27NO3. The summed E-state index contributed by atoms with van der Waals surface area (Å²) < 4.78 is 0. The lowest BCUT2D eigenvalue weighted by atomic mass is 9.78. The molecule has 3 N–H and O–H groups in total. The summed E-state index contributed by atoms with van der Waals surface area (Å²) in [7, 11) is 0. The monoisotopic (exact) mass is 269 g/mol. The second kappa shape index (κ2) is 6.23. The molecule has 4 nitrogen and oxygen atoms in total. The molecule has 0 bridgehead atoms. The van der Waals surface area contributed by atoms with Crippen molar-refractivity contribution in [2.45, 2.75) is 69.9 Å². The number of hydrogen-bond acceptors (Lipinski definition) is 3. The highest BCUT2D eigenvalue weighted by Gasteiger charge is 2.36. The third-order valence-corrected chi connectivity index (χ3v) is 4.92. The average Bonchev–Trinajstić information content (AvgIpc) is 2.37. The minimum atomic E-state index is -0.712. The zero-order valence-corrected chi connectivity index (χ0v) is 11.9. The third-order valence-electron chi connectivity index (χ3n) is 4.92. The fraction of sp³-hybridized carbons (Fsp3) is 0.933. The molecule has 0 saturated heterocycles. The van der Waals surface area contributed by atoms with Crippen LogP contribution in [0.15, 0.2) is 0 Å². The molecule has 2 saturated carbocycles. The minimum Gasteiger partial charge on any atom is -0.481 e. The third kappa shape index (κ3) is 4.18. The summed E-state index contributed by atoms with van der Waals surface area (Å²) in [6.45, 7) is 2.91. The molecule has 4 heteroatoms. The van der Waals surface area contributed by atoms with Gasteiger partial charge in [0.1, 0.15) is 0 Å². The number of nitrogens with one attached hydrogen (secondary N) is 1. The molecule has 2 fully saturated rings. The number of carboxylic acids is 1. The summed E-state index contributed by atoms with van der Waals surface area (Å²) in [5.74, 6) is -0.185. The first-order chi connectivity index (χ1) is 8.98. The number of rotatable bonds is 4. The fourth-order valence-electron chi connectivity index (χ4n) is 3.53. The molecule has 0 heterocycles. The Hall–Kier alpha value is -0.610. The second-order valence-corrected chi connectivity index (χ2v) is 6.69. The lowest BCUT2D eigenvalue weighted by Crippen LogP contribution is -2.48. The topological polar surface area (TPSA) is 69.6 Å². The average molecular weight is 269 g/mol. The van der Waals surface area contributed by atoms with E-state index in [9.17, 15) is 9.90 Å². The Morgan fingerprint density at radius 1 is 1.26 bits per heavy atom. The van der Waals surface area contributed by atoms with Crippen molar-refractivity contribution in [1.29, 1.82) is 0 Å². The van der Waals surface area contributed by atoms with Crippen molar-refractivity contribution in [1.82, 2.24) is 5.32 Å². The summed E-state index contributed by atoms with van der Waals surface area (Å²) in [5, 5.41) is 23.0. The Kier molecular flexibility index (Phi) is 4.85. The molecule has 2 rings (SSSR count). The van der Waals surface area contributed by atoms with Crippen LogP contribution in [0.25, 0.3) is 0 Å². The Morgan fingerprint density at radius 2 is 1.95 bits per heavy atom. The number of aliphatic carboxylic acids is 1. The molecule has 19 heavy (non-hydrogen) atoms. The molecule has 2 atom stereocenters. The molecule has 0 aromatic carbocycles. The lowest BCUT2D eigenvalue weighted by molar-refractivity contribution is -0.144. The summed E-state index contributed by atoms with van der Waals surface area (Å²) in [6, 6.07) is 0.532. The van der Waals surface area contributed by atoms with Crippen molar-refractivity contribution in [2.24, 2.45) is 11.8 Å². The maximum Gasteiger partial charge on any atom is 0.306 e. The number of carboxylic acid groups (broad SMARTS) is 1. The van der Waals surface area contributed by atoms with Crippen LogP contribution in [0.2, 0.25) is 0 Å². The van der Waals surface area contributed by atoms with Crippen molar-refractivity contribution in [2.75, 3.05) is 6.54 Å². The Bertz CT molecular complexity index is 311. The summed E-state index contributed by atoms with van der Waals surface area (Å²) in [4.78, 5) is 10.9. The van der Waals surface area contributed by atoms with Gasteiger partial charge in [-0.05, 0) is 44.4 Å². The molecule has 0 aromatic rings. The Balaban J connectivity index is 1.74. The van der Waals surface area contributed by atoms with Crippen LogP contribution in [-0.2, 0) is 4.79 Å². The van der Waals surface area contributed by atoms with Gasteiger partial charge in [-0.25, -0.2) is 0 Å². The van der Waals surface area contributed by atoms with Crippen molar-refractivity contribution < 1.29 is 15.0 Å². The van der Waals surface area contributed by atoms with Crippen LogP contribution in [0.1, 0.15) is 58.3 Å². The van der Waals surface area contributed by atoms with Crippen molar-refractivity contribution in [3.05, 3.63) is 0 Å². The standard InChI is InChI=1S/C15H27NO3/c1-11-3-2-4-13(9-11)16-10-15(19)7-5-12(6-8-15)14(17)18/h11-13,16,19H,2-10H2,1H3,(H,17,18). The van der Waals surface area contributed by atoms with E-state index in [2.05, 4.69) is 12.2 Å². The molecule has 110 valence electrons. The van der Waals surface area contributed by atoms with Gasteiger partial charge in [0, 0.05) is 12.6 Å². The molecule has 0 amide bonds. The quantitative estimate of drug-likeness (QED) is 0.731. The first kappa shape index (κ1) is 14.8. The van der Waals surface area contributed by atoms with E-state index < -0.39 is 11.6 Å². The predicted molar refractivity (Wildman–Crippen MR) is 74.0 cm³/mol. The first-order valence-corrected chi connectivity index (χ1v) is 7.67. The maximum atomic E-state index is 10.9. The normalized spacial score (nSPS) is 40.0. The van der Waals surface area contributed by atoms with Crippen molar-refractivity contribution in [3.63, 3.8) is 0 Å². The lowest BCUT2D eigenvalue weighted by Gasteiger charge is -2.37. The van der Waals surface area contributed by atoms with Gasteiger partial charge in [0.2, 0.25) is 0 Å². The van der Waals surface area contributed by atoms with E-state index in [0.29, 0.717) is 38.3 Å². The van der Waals surface area contributed by atoms with Crippen LogP contribution in [0.3, 0.4) is 0 Å². The largest absolute Gasteiger partial charge is 0.481 e. The van der Waals surface area contributed by atoms with E-state index in [0.717, 1.165) is 5.92 Å². The molecule has 0 aliphatic heterocycles. The van der Waals surface area contributed by atoms with Crippen LogP contribution in [0.4, 0.5) is 0 Å². The summed E-state index contributed by atoms with van der Waals surface area (Å²) >= 11 is 0. The Morgan fingerprint density at radius 3 is 2.53 bits per heavy atom. The highest BCUT2D eigenvalue weighted by molar-refractivity contribution is 5.70. The zero-order chi connectivity index (χ0) is 13.9. The van der Waals surface area contributed by atoms with Gasteiger partial charge in [0.15, 0.2) is 0 Å². The van der Waals surface area contributed by atoms with Crippen LogP contribution < -0.4 is 5.32 Å². The second-order valence-electron chi connectivity index (χ2n) is 6.69. The van der Waals surface area contributed by atoms with E-state index in [4.69, 9.17) is 5.11 Å². The maximum absolute atomic E-state index is 10.9. The van der Waals surface area contributed by atoms with Crippen molar-refractivity contribution in [3.8, 4) is 0 Å². The number of hydrogen-bond donors (Lipinski definition) is 3. The first-order valence-electron chi connectivity index (χ1n) is 7.67. The van der Waals surface area contributed by atoms with E-state index in [1.807, 2.05) is 0 Å². The van der Waals surface area contributed by atoms with Gasteiger partial charge in [-0.2, -0.15) is 0 Å². The van der Waals surface area contributed by atoms with Gasteiger partial charge >= 0.3 is 5.97 Å². The molecule has 0 spiro atoms. The minimum absolute atomic E-state index is 0.255. The molecule has 0 radical (unpaired) electrons. The van der Waals surface area contributed by atoms with Crippen LogP contribution in [0, 0.1) is 11.8 Å². The number of carbonyl (C=O) groups is 1. The molecular weight excluding hydrogens is 242 g/mol. The zero-order valence-electron chi connectivity index (χ0n) is 11.9. The number of aliphatic hydroxyl groups is 1. The van der Waals surface area contributed by atoms with E-state index in [1.165, 1.54) is 25.7 Å². The smallest absolute Gasteiger partial charge is 0.306 e. The van der Waals surface area contributed by atoms with Crippen LogP contribution >= 0.6 is 0 Å².